The molecule has 0 saturated carbocycles. The molecule has 4 heteroatoms. The summed E-state index contributed by atoms with van der Waals surface area (Å²) in [5, 5.41) is 2.43. The fourth-order valence-electron chi connectivity index (χ4n) is 4.85. The highest BCUT2D eigenvalue weighted by molar-refractivity contribution is 7.26. The Balaban J connectivity index is 1.47. The van der Waals surface area contributed by atoms with Gasteiger partial charge in [-0.3, -0.25) is 4.57 Å². The van der Waals surface area contributed by atoms with Crippen LogP contribution in [-0.4, -0.2) is 14.5 Å². The minimum atomic E-state index is 0.951. The molecule has 0 atom stereocenters. The molecule has 166 valence electrons. The molecule has 3 heterocycles. The Kier molecular flexibility index (Phi) is 4.54. The predicted octanol–water partition coefficient (Wildman–Crippen LogP) is 8.43. The van der Waals surface area contributed by atoms with Crippen molar-refractivity contribution in [1.29, 1.82) is 0 Å². The van der Waals surface area contributed by atoms with E-state index < -0.39 is 0 Å². The number of hydrogen-bond acceptors (Lipinski definition) is 3. The molecule has 4 aromatic carbocycles. The molecule has 0 saturated heterocycles. The Morgan fingerprint density at radius 3 is 2.26 bits per heavy atom. The van der Waals surface area contributed by atoms with Crippen molar-refractivity contribution in [3.8, 4) is 28.2 Å². The first-order valence-electron chi connectivity index (χ1n) is 11.7. The number of fused-ring (bicyclic) bond motifs is 4. The van der Waals surface area contributed by atoms with Gasteiger partial charge in [-0.1, -0.05) is 66.7 Å². The van der Waals surface area contributed by atoms with Gasteiger partial charge in [0.15, 0.2) is 0 Å². The fraction of sp³-hybridized carbons (Fsp3) is 0.0323. The van der Waals surface area contributed by atoms with Gasteiger partial charge in [0.2, 0.25) is 0 Å². The molecule has 3 aromatic heterocycles. The topological polar surface area (TPSA) is 30.7 Å². The normalized spacial score (nSPS) is 11.6. The quantitative estimate of drug-likeness (QED) is 0.261. The van der Waals surface area contributed by atoms with E-state index in [9.17, 15) is 0 Å². The summed E-state index contributed by atoms with van der Waals surface area (Å²) in [4.78, 5) is 11.0. The molecular formula is C31H21N3S. The average Bonchev–Trinajstić information content (AvgIpc) is 3.47. The molecule has 0 amide bonds. The third-order valence-corrected chi connectivity index (χ3v) is 7.69. The molecule has 0 bridgehead atoms. The van der Waals surface area contributed by atoms with E-state index >= 15 is 0 Å². The molecular weight excluding hydrogens is 446 g/mol. The van der Waals surface area contributed by atoms with Crippen LogP contribution in [0, 0.1) is 6.92 Å². The summed E-state index contributed by atoms with van der Waals surface area (Å²) in [5.74, 6) is 0.951. The van der Waals surface area contributed by atoms with E-state index in [2.05, 4.69) is 108 Å². The summed E-state index contributed by atoms with van der Waals surface area (Å²) in [6.07, 6.45) is 0. The predicted molar refractivity (Wildman–Crippen MR) is 147 cm³/mol. The van der Waals surface area contributed by atoms with Crippen LogP contribution in [0.3, 0.4) is 0 Å². The second kappa shape index (κ2) is 7.90. The van der Waals surface area contributed by atoms with Gasteiger partial charge in [-0.25, -0.2) is 9.97 Å². The van der Waals surface area contributed by atoms with Crippen molar-refractivity contribution < 1.29 is 0 Å². The second-order valence-electron chi connectivity index (χ2n) is 8.76. The molecule has 7 rings (SSSR count). The highest BCUT2D eigenvalue weighted by atomic mass is 32.1. The van der Waals surface area contributed by atoms with Crippen molar-refractivity contribution in [2.45, 2.75) is 6.92 Å². The zero-order valence-electron chi connectivity index (χ0n) is 19.1. The second-order valence-corrected chi connectivity index (χ2v) is 9.76. The number of imidazole rings is 1. The van der Waals surface area contributed by atoms with Gasteiger partial charge in [0, 0.05) is 32.4 Å². The van der Waals surface area contributed by atoms with Gasteiger partial charge in [0.25, 0.3) is 0 Å². The van der Waals surface area contributed by atoms with Gasteiger partial charge in [0.1, 0.15) is 10.7 Å². The number of hydrogen-bond donors (Lipinski definition) is 0. The summed E-state index contributed by atoms with van der Waals surface area (Å²) in [6.45, 7) is 2.04. The Morgan fingerprint density at radius 2 is 1.40 bits per heavy atom. The molecule has 0 fully saturated rings. The molecule has 0 aliphatic carbocycles. The molecule has 0 unspecified atom stereocenters. The molecule has 0 radical (unpaired) electrons. The first-order chi connectivity index (χ1) is 17.3. The Bertz CT molecular complexity index is 1840. The zero-order valence-corrected chi connectivity index (χ0v) is 20.0. The van der Waals surface area contributed by atoms with Crippen LogP contribution in [0.15, 0.2) is 109 Å². The lowest BCUT2D eigenvalue weighted by atomic mass is 10.1. The number of rotatable bonds is 3. The van der Waals surface area contributed by atoms with E-state index in [1.54, 1.807) is 11.3 Å². The van der Waals surface area contributed by atoms with Crippen LogP contribution in [0.1, 0.15) is 5.69 Å². The standard InChI is InChI=1S/C31H21N3S/c1-20-14-19-25-24-10-7-11-26(29(24)35-31(25)32-20)30-33-27-12-5-6-13-28(27)34(30)23-17-15-22(16-18-23)21-8-3-2-4-9-21/h2-19H,1H3. The van der Waals surface area contributed by atoms with Crippen LogP contribution in [0.2, 0.25) is 0 Å². The minimum absolute atomic E-state index is 0.951. The number of thiophene rings is 1. The van der Waals surface area contributed by atoms with Gasteiger partial charge in [-0.2, -0.15) is 0 Å². The maximum absolute atomic E-state index is 5.13. The van der Waals surface area contributed by atoms with Gasteiger partial charge < -0.3 is 0 Å². The van der Waals surface area contributed by atoms with Crippen LogP contribution in [0.5, 0.6) is 0 Å². The molecule has 0 aliphatic rings. The summed E-state index contributed by atoms with van der Waals surface area (Å²) >= 11 is 1.75. The van der Waals surface area contributed by atoms with Crippen molar-refractivity contribution in [2.24, 2.45) is 0 Å². The van der Waals surface area contributed by atoms with Gasteiger partial charge in [0.05, 0.1) is 11.0 Å². The maximum Gasteiger partial charge on any atom is 0.147 e. The molecule has 0 aliphatic heterocycles. The van der Waals surface area contributed by atoms with Crippen molar-refractivity contribution in [3.05, 3.63) is 115 Å². The zero-order chi connectivity index (χ0) is 23.4. The summed E-state index contributed by atoms with van der Waals surface area (Å²) in [7, 11) is 0. The van der Waals surface area contributed by atoms with Crippen LogP contribution in [0.4, 0.5) is 0 Å². The number of aromatic nitrogens is 3. The molecule has 7 aromatic rings. The van der Waals surface area contributed by atoms with Crippen LogP contribution >= 0.6 is 11.3 Å². The van der Waals surface area contributed by atoms with E-state index in [1.807, 2.05) is 13.0 Å². The average molecular weight is 468 g/mol. The monoisotopic (exact) mass is 467 g/mol. The number of para-hydroxylation sites is 2. The first-order valence-corrected chi connectivity index (χ1v) is 12.5. The lowest BCUT2D eigenvalue weighted by Gasteiger charge is -2.11. The summed E-state index contributed by atoms with van der Waals surface area (Å²) < 4.78 is 3.50. The van der Waals surface area contributed by atoms with Crippen LogP contribution in [0.25, 0.3) is 59.5 Å². The maximum atomic E-state index is 5.13. The fourth-order valence-corrected chi connectivity index (χ4v) is 6.08. The number of aryl methyl sites for hydroxylation is 1. The van der Waals surface area contributed by atoms with Crippen LogP contribution in [-0.2, 0) is 0 Å². The number of nitrogens with zero attached hydrogens (tertiary/aromatic N) is 3. The molecule has 3 nitrogen and oxygen atoms in total. The van der Waals surface area contributed by atoms with Crippen LogP contribution < -0.4 is 0 Å². The SMILES string of the molecule is Cc1ccc2c(n1)sc1c(-c3nc4ccccc4n3-c3ccc(-c4ccccc4)cc3)cccc12. The molecule has 0 spiro atoms. The van der Waals surface area contributed by atoms with E-state index in [-0.39, 0.29) is 0 Å². The van der Waals surface area contributed by atoms with E-state index in [0.717, 1.165) is 38.6 Å². The Morgan fingerprint density at radius 1 is 0.629 bits per heavy atom. The van der Waals surface area contributed by atoms with E-state index in [0.29, 0.717) is 0 Å². The van der Waals surface area contributed by atoms with Gasteiger partial charge >= 0.3 is 0 Å². The minimum Gasteiger partial charge on any atom is -0.292 e. The Hall–Kier alpha value is -4.28. The lowest BCUT2D eigenvalue weighted by molar-refractivity contribution is 1.11. The Labute approximate surface area is 207 Å². The van der Waals surface area contributed by atoms with Crippen molar-refractivity contribution in [1.82, 2.24) is 14.5 Å². The summed E-state index contributed by atoms with van der Waals surface area (Å²) in [5.41, 5.74) is 7.77. The smallest absolute Gasteiger partial charge is 0.147 e. The highest BCUT2D eigenvalue weighted by Crippen LogP contribution is 2.40. The largest absolute Gasteiger partial charge is 0.292 e. The van der Waals surface area contributed by atoms with Gasteiger partial charge in [-0.05, 0) is 60.5 Å². The molecule has 35 heavy (non-hydrogen) atoms. The highest BCUT2D eigenvalue weighted by Gasteiger charge is 2.18. The number of pyridine rings is 1. The third kappa shape index (κ3) is 3.26. The van der Waals surface area contributed by atoms with E-state index in [1.165, 1.54) is 26.6 Å². The van der Waals surface area contributed by atoms with E-state index in [4.69, 9.17) is 9.97 Å². The van der Waals surface area contributed by atoms with Crippen molar-refractivity contribution >= 4 is 42.7 Å². The first kappa shape index (κ1) is 20.1. The number of benzene rings is 4. The molecule has 0 N–H and O–H groups in total. The van der Waals surface area contributed by atoms with Crippen molar-refractivity contribution in [3.63, 3.8) is 0 Å². The third-order valence-electron chi connectivity index (χ3n) is 6.54. The summed E-state index contributed by atoms with van der Waals surface area (Å²) in [6, 6.07) is 38.4. The van der Waals surface area contributed by atoms with Gasteiger partial charge in [-0.15, -0.1) is 11.3 Å². The lowest BCUT2D eigenvalue weighted by Crippen LogP contribution is -1.97. The van der Waals surface area contributed by atoms with Crippen molar-refractivity contribution in [2.75, 3.05) is 0 Å².